The van der Waals surface area contributed by atoms with E-state index in [1.807, 2.05) is 37.4 Å². The lowest BCUT2D eigenvalue weighted by molar-refractivity contribution is -0.134. The average molecular weight is 340 g/mol. The lowest BCUT2D eigenvalue weighted by atomic mass is 10.2. The maximum Gasteiger partial charge on any atom is 0.250 e. The maximum absolute atomic E-state index is 12.2. The highest BCUT2D eigenvalue weighted by Crippen LogP contribution is 2.18. The highest BCUT2D eigenvalue weighted by Gasteiger charge is 2.21. The fourth-order valence-corrected chi connectivity index (χ4v) is 2.87. The largest absolute Gasteiger partial charge is 0.366 e. The summed E-state index contributed by atoms with van der Waals surface area (Å²) in [6.07, 6.45) is 1.35. The predicted octanol–water partition coefficient (Wildman–Crippen LogP) is 1.32. The number of pyridine rings is 1. The zero-order valence-corrected chi connectivity index (χ0v) is 14.4. The summed E-state index contributed by atoms with van der Waals surface area (Å²) >= 11 is 0. The fraction of sp³-hybridized carbons (Fsp3) is 0.368. The van der Waals surface area contributed by atoms with Crippen molar-refractivity contribution < 1.29 is 9.53 Å². The number of hydrogen-bond donors (Lipinski definition) is 2. The smallest absolute Gasteiger partial charge is 0.250 e. The molecule has 3 rings (SSSR count). The Morgan fingerprint density at radius 1 is 1.32 bits per heavy atom. The van der Waals surface area contributed by atoms with Gasteiger partial charge in [0.05, 0.1) is 6.61 Å². The van der Waals surface area contributed by atoms with E-state index in [0.717, 1.165) is 24.5 Å². The van der Waals surface area contributed by atoms with Crippen molar-refractivity contribution >= 4 is 11.7 Å². The van der Waals surface area contributed by atoms with E-state index >= 15 is 0 Å². The molecule has 6 nitrogen and oxygen atoms in total. The van der Waals surface area contributed by atoms with Gasteiger partial charge in [0.1, 0.15) is 11.9 Å². The van der Waals surface area contributed by atoms with E-state index in [1.165, 1.54) is 5.56 Å². The Hall–Kier alpha value is -2.44. The van der Waals surface area contributed by atoms with E-state index in [4.69, 9.17) is 4.74 Å². The van der Waals surface area contributed by atoms with Crippen LogP contribution in [0.25, 0.3) is 0 Å². The first-order valence-corrected chi connectivity index (χ1v) is 8.53. The van der Waals surface area contributed by atoms with Gasteiger partial charge in [-0.2, -0.15) is 0 Å². The number of nitrogens with one attached hydrogen (secondary N) is 2. The third-order valence-corrected chi connectivity index (χ3v) is 4.16. The van der Waals surface area contributed by atoms with Gasteiger partial charge < -0.3 is 20.3 Å². The minimum Gasteiger partial charge on any atom is -0.366 e. The number of hydrogen-bond acceptors (Lipinski definition) is 5. The number of aromatic nitrogens is 1. The second-order valence-corrected chi connectivity index (χ2v) is 6.11. The lowest BCUT2D eigenvalue weighted by Gasteiger charge is -2.24. The monoisotopic (exact) mass is 340 g/mol. The van der Waals surface area contributed by atoms with Gasteiger partial charge in [-0.05, 0) is 11.6 Å². The van der Waals surface area contributed by atoms with Crippen molar-refractivity contribution in [3.63, 3.8) is 0 Å². The summed E-state index contributed by atoms with van der Waals surface area (Å²) in [6.45, 7) is 3.10. The highest BCUT2D eigenvalue weighted by molar-refractivity contribution is 5.81. The molecule has 1 aliphatic rings. The number of benzene rings is 1. The molecule has 1 aromatic carbocycles. The van der Waals surface area contributed by atoms with Crippen LogP contribution in [0, 0.1) is 0 Å². The lowest BCUT2D eigenvalue weighted by Crippen LogP contribution is -2.47. The number of carbonyl (C=O) groups is 1. The van der Waals surface area contributed by atoms with Crippen molar-refractivity contribution in [3.8, 4) is 0 Å². The van der Waals surface area contributed by atoms with E-state index in [1.54, 1.807) is 6.20 Å². The molecule has 2 heterocycles. The number of morpholine rings is 1. The van der Waals surface area contributed by atoms with E-state index in [-0.39, 0.29) is 5.91 Å². The van der Waals surface area contributed by atoms with Crippen LogP contribution in [0.3, 0.4) is 0 Å². The topological polar surface area (TPSA) is 66.5 Å². The zero-order valence-electron chi connectivity index (χ0n) is 14.4. The van der Waals surface area contributed by atoms with Crippen LogP contribution in [-0.2, 0) is 22.6 Å². The molecule has 0 aliphatic carbocycles. The van der Waals surface area contributed by atoms with Crippen molar-refractivity contribution in [3.05, 3.63) is 59.8 Å². The van der Waals surface area contributed by atoms with Gasteiger partial charge >= 0.3 is 0 Å². The van der Waals surface area contributed by atoms with Crippen LogP contribution in [0.15, 0.2) is 48.7 Å². The summed E-state index contributed by atoms with van der Waals surface area (Å²) < 4.78 is 5.48. The fourth-order valence-electron chi connectivity index (χ4n) is 2.87. The van der Waals surface area contributed by atoms with Gasteiger partial charge in [-0.15, -0.1) is 0 Å². The second kappa shape index (κ2) is 8.60. The van der Waals surface area contributed by atoms with Crippen molar-refractivity contribution in [1.82, 2.24) is 15.6 Å². The number of rotatable bonds is 6. The Morgan fingerprint density at radius 3 is 2.92 bits per heavy atom. The molecule has 1 fully saturated rings. The van der Waals surface area contributed by atoms with Crippen LogP contribution < -0.4 is 15.5 Å². The van der Waals surface area contributed by atoms with Crippen molar-refractivity contribution in [1.29, 1.82) is 0 Å². The number of amides is 1. The molecule has 132 valence electrons. The molecule has 1 aromatic heterocycles. The summed E-state index contributed by atoms with van der Waals surface area (Å²) in [4.78, 5) is 18.8. The molecule has 25 heavy (non-hydrogen) atoms. The zero-order chi connectivity index (χ0) is 17.5. The van der Waals surface area contributed by atoms with Gasteiger partial charge in [-0.3, -0.25) is 4.79 Å². The summed E-state index contributed by atoms with van der Waals surface area (Å²) in [5.74, 6) is 0.780. The Kier molecular flexibility index (Phi) is 5.98. The van der Waals surface area contributed by atoms with Crippen LogP contribution in [0.4, 0.5) is 5.82 Å². The third kappa shape index (κ3) is 4.78. The predicted molar refractivity (Wildman–Crippen MR) is 97.2 cm³/mol. The van der Waals surface area contributed by atoms with E-state index < -0.39 is 6.10 Å². The van der Waals surface area contributed by atoms with Gasteiger partial charge in [0.15, 0.2) is 0 Å². The van der Waals surface area contributed by atoms with Crippen LogP contribution in [0.1, 0.15) is 11.1 Å². The minimum absolute atomic E-state index is 0.0901. The third-order valence-electron chi connectivity index (χ3n) is 4.16. The maximum atomic E-state index is 12.2. The van der Waals surface area contributed by atoms with Gasteiger partial charge in [-0.25, -0.2) is 4.98 Å². The Balaban J connectivity index is 1.63. The molecular weight excluding hydrogens is 316 g/mol. The van der Waals surface area contributed by atoms with E-state index in [2.05, 4.69) is 32.7 Å². The molecule has 0 spiro atoms. The molecule has 1 amide bonds. The van der Waals surface area contributed by atoms with Crippen LogP contribution in [-0.4, -0.2) is 43.7 Å². The number of carbonyl (C=O) groups excluding carboxylic acids is 1. The molecule has 0 saturated carbocycles. The summed E-state index contributed by atoms with van der Waals surface area (Å²) in [5.41, 5.74) is 2.20. The van der Waals surface area contributed by atoms with Crippen molar-refractivity contribution in [2.75, 3.05) is 31.6 Å². The normalized spacial score (nSPS) is 17.1. The molecule has 1 saturated heterocycles. The molecule has 2 N–H and O–H groups in total. The standard InChI is InChI=1S/C19H24N4O2/c1-23(14-15-6-3-2-4-7-15)18-16(8-5-9-21-18)12-22-19(24)17-13-20-10-11-25-17/h2-9,17,20H,10-14H2,1H3,(H,22,24)/t17-/m1/s1. The Labute approximate surface area is 148 Å². The van der Waals surface area contributed by atoms with Crippen molar-refractivity contribution in [2.24, 2.45) is 0 Å². The van der Waals surface area contributed by atoms with Crippen LogP contribution in [0.5, 0.6) is 0 Å². The second-order valence-electron chi connectivity index (χ2n) is 6.11. The molecule has 0 bridgehead atoms. The molecular formula is C19H24N4O2. The Morgan fingerprint density at radius 2 is 2.16 bits per heavy atom. The molecule has 6 heteroatoms. The van der Waals surface area contributed by atoms with E-state index in [9.17, 15) is 4.79 Å². The summed E-state index contributed by atoms with van der Waals surface area (Å²) in [5, 5.41) is 6.12. The minimum atomic E-state index is -0.420. The van der Waals surface area contributed by atoms with Crippen LogP contribution >= 0.6 is 0 Å². The molecule has 1 atom stereocenters. The van der Waals surface area contributed by atoms with Gasteiger partial charge in [0, 0.05) is 45.0 Å². The quantitative estimate of drug-likeness (QED) is 0.830. The first kappa shape index (κ1) is 17.4. The number of nitrogens with zero attached hydrogens (tertiary/aromatic N) is 2. The van der Waals surface area contributed by atoms with Gasteiger partial charge in [0.25, 0.3) is 5.91 Å². The van der Waals surface area contributed by atoms with E-state index in [0.29, 0.717) is 19.7 Å². The molecule has 0 radical (unpaired) electrons. The van der Waals surface area contributed by atoms with Crippen molar-refractivity contribution in [2.45, 2.75) is 19.2 Å². The first-order chi connectivity index (χ1) is 12.2. The SMILES string of the molecule is CN(Cc1ccccc1)c1ncccc1CNC(=O)[C@H]1CNCCO1. The summed E-state index contributed by atoms with van der Waals surface area (Å²) in [7, 11) is 2.01. The first-order valence-electron chi connectivity index (χ1n) is 8.53. The molecule has 1 aliphatic heterocycles. The van der Waals surface area contributed by atoms with Crippen LogP contribution in [0.2, 0.25) is 0 Å². The molecule has 2 aromatic rings. The number of anilines is 1. The van der Waals surface area contributed by atoms with Gasteiger partial charge in [-0.1, -0.05) is 36.4 Å². The highest BCUT2D eigenvalue weighted by atomic mass is 16.5. The van der Waals surface area contributed by atoms with Gasteiger partial charge in [0.2, 0.25) is 0 Å². The summed E-state index contributed by atoms with van der Waals surface area (Å²) in [6, 6.07) is 14.1. The average Bonchev–Trinajstić information content (AvgIpc) is 2.68. The Bertz CT molecular complexity index is 687. The number of ether oxygens (including phenoxy) is 1. The molecule has 0 unspecified atom stereocenters.